The van der Waals surface area contributed by atoms with Crippen molar-refractivity contribution in [3.8, 4) is 0 Å². The number of carbonyl (C=O) groups excluding carboxylic acids is 1. The lowest BCUT2D eigenvalue weighted by molar-refractivity contribution is 0.0887. The maximum atomic E-state index is 13.9. The van der Waals surface area contributed by atoms with Gasteiger partial charge in [0.05, 0.1) is 11.1 Å². The van der Waals surface area contributed by atoms with Gasteiger partial charge in [-0.15, -0.1) is 0 Å². The van der Waals surface area contributed by atoms with Crippen LogP contribution in [0.25, 0.3) is 0 Å². The highest BCUT2D eigenvalue weighted by Gasteiger charge is 2.39. The van der Waals surface area contributed by atoms with Crippen molar-refractivity contribution in [2.24, 2.45) is 5.73 Å². The number of ketones is 1. The molecule has 1 aromatic carbocycles. The van der Waals surface area contributed by atoms with Crippen molar-refractivity contribution < 1.29 is 9.18 Å². The molecule has 0 spiro atoms. The number of hydrogen-bond donors (Lipinski definition) is 1. The molecule has 1 aliphatic carbocycles. The quantitative estimate of drug-likeness (QED) is 0.801. The largest absolute Gasteiger partial charge is 0.319 e. The molecule has 92 valence electrons. The van der Waals surface area contributed by atoms with Crippen LogP contribution in [0.5, 0.6) is 0 Å². The third-order valence-electron chi connectivity index (χ3n) is 3.61. The molecule has 2 rings (SSSR count). The van der Waals surface area contributed by atoms with Crippen LogP contribution in [0.2, 0.25) is 0 Å². The number of benzene rings is 1. The Kier molecular flexibility index (Phi) is 3.04. The van der Waals surface area contributed by atoms with Gasteiger partial charge in [-0.25, -0.2) is 4.39 Å². The van der Waals surface area contributed by atoms with E-state index in [9.17, 15) is 9.18 Å². The fourth-order valence-electron chi connectivity index (χ4n) is 2.69. The Morgan fingerprint density at radius 3 is 2.41 bits per heavy atom. The van der Waals surface area contributed by atoms with E-state index in [0.717, 1.165) is 18.4 Å². The van der Waals surface area contributed by atoms with Crippen molar-refractivity contribution in [2.75, 3.05) is 0 Å². The van der Waals surface area contributed by atoms with E-state index in [-0.39, 0.29) is 11.3 Å². The molecular weight excluding hydrogens is 217 g/mol. The number of nitrogens with two attached hydrogens (primary N) is 1. The molecule has 0 bridgehead atoms. The van der Waals surface area contributed by atoms with Gasteiger partial charge in [0.25, 0.3) is 0 Å². The predicted octanol–water partition coefficient (Wildman–Crippen LogP) is 2.90. The molecule has 0 radical (unpaired) electrons. The molecule has 0 atom stereocenters. The molecule has 3 heteroatoms. The molecule has 0 amide bonds. The van der Waals surface area contributed by atoms with Gasteiger partial charge in [0, 0.05) is 0 Å². The van der Waals surface area contributed by atoms with Gasteiger partial charge in [0.15, 0.2) is 5.78 Å². The fraction of sp³-hybridized carbons (Fsp3) is 0.500. The van der Waals surface area contributed by atoms with Gasteiger partial charge in [-0.1, -0.05) is 18.9 Å². The zero-order valence-electron chi connectivity index (χ0n) is 10.3. The van der Waals surface area contributed by atoms with Crippen LogP contribution < -0.4 is 5.73 Å². The number of Topliss-reactive ketones (excluding diaryl/α,β-unsaturated/α-hetero) is 1. The van der Waals surface area contributed by atoms with E-state index in [1.165, 1.54) is 6.07 Å². The van der Waals surface area contributed by atoms with E-state index in [4.69, 9.17) is 5.73 Å². The first-order valence-electron chi connectivity index (χ1n) is 6.04. The van der Waals surface area contributed by atoms with Crippen LogP contribution >= 0.6 is 0 Å². The standard InChI is InChI=1S/C14H18FNO/c1-9-7-10(2)12(11(15)8-9)13(17)14(16)5-3-4-6-14/h7-8H,3-6,16H2,1-2H3. The van der Waals surface area contributed by atoms with E-state index in [1.54, 1.807) is 6.92 Å². The predicted molar refractivity (Wildman–Crippen MR) is 65.6 cm³/mol. The van der Waals surface area contributed by atoms with Crippen LogP contribution in [-0.4, -0.2) is 11.3 Å². The summed E-state index contributed by atoms with van der Waals surface area (Å²) in [6, 6.07) is 3.23. The van der Waals surface area contributed by atoms with Crippen molar-refractivity contribution in [1.82, 2.24) is 0 Å². The van der Waals surface area contributed by atoms with E-state index in [0.29, 0.717) is 18.4 Å². The molecule has 1 aliphatic rings. The minimum Gasteiger partial charge on any atom is -0.319 e. The lowest BCUT2D eigenvalue weighted by atomic mass is 9.86. The van der Waals surface area contributed by atoms with Crippen LogP contribution in [-0.2, 0) is 0 Å². The summed E-state index contributed by atoms with van der Waals surface area (Å²) in [4.78, 5) is 12.4. The topological polar surface area (TPSA) is 43.1 Å². The first-order chi connectivity index (χ1) is 7.94. The zero-order valence-corrected chi connectivity index (χ0v) is 10.3. The number of rotatable bonds is 2. The van der Waals surface area contributed by atoms with Gasteiger partial charge in [0.2, 0.25) is 0 Å². The molecule has 1 saturated carbocycles. The van der Waals surface area contributed by atoms with Gasteiger partial charge < -0.3 is 5.73 Å². The average Bonchev–Trinajstić information content (AvgIpc) is 2.64. The Morgan fingerprint density at radius 2 is 1.88 bits per heavy atom. The Labute approximate surface area is 101 Å². The zero-order chi connectivity index (χ0) is 12.6. The summed E-state index contributed by atoms with van der Waals surface area (Å²) in [6.45, 7) is 3.58. The average molecular weight is 235 g/mol. The lowest BCUT2D eigenvalue weighted by Crippen LogP contribution is -2.45. The second-order valence-corrected chi connectivity index (χ2v) is 5.13. The second-order valence-electron chi connectivity index (χ2n) is 5.13. The van der Waals surface area contributed by atoms with E-state index in [2.05, 4.69) is 0 Å². The molecule has 17 heavy (non-hydrogen) atoms. The van der Waals surface area contributed by atoms with Gasteiger partial charge >= 0.3 is 0 Å². The van der Waals surface area contributed by atoms with Crippen molar-refractivity contribution in [3.05, 3.63) is 34.6 Å². The monoisotopic (exact) mass is 235 g/mol. The SMILES string of the molecule is Cc1cc(C)c(C(=O)C2(N)CCCC2)c(F)c1. The fourth-order valence-corrected chi connectivity index (χ4v) is 2.69. The van der Waals surface area contributed by atoms with Gasteiger partial charge in [-0.05, 0) is 43.9 Å². The number of aryl methyl sites for hydroxylation is 2. The minimum atomic E-state index is -0.846. The van der Waals surface area contributed by atoms with Crippen LogP contribution in [0.4, 0.5) is 4.39 Å². The van der Waals surface area contributed by atoms with Crippen LogP contribution in [0, 0.1) is 19.7 Å². The summed E-state index contributed by atoms with van der Waals surface area (Å²) >= 11 is 0. The van der Waals surface area contributed by atoms with E-state index >= 15 is 0 Å². The van der Waals surface area contributed by atoms with E-state index in [1.807, 2.05) is 13.0 Å². The van der Waals surface area contributed by atoms with Gasteiger partial charge in [-0.2, -0.15) is 0 Å². The smallest absolute Gasteiger partial charge is 0.185 e. The molecule has 2 nitrogen and oxygen atoms in total. The summed E-state index contributed by atoms with van der Waals surface area (Å²) in [5, 5.41) is 0. The summed E-state index contributed by atoms with van der Waals surface area (Å²) < 4.78 is 13.9. The molecule has 1 aromatic rings. The third-order valence-corrected chi connectivity index (χ3v) is 3.61. The Bertz CT molecular complexity index is 438. The summed E-state index contributed by atoms with van der Waals surface area (Å²) in [5.74, 6) is -0.672. The van der Waals surface area contributed by atoms with Crippen molar-refractivity contribution in [3.63, 3.8) is 0 Å². The van der Waals surface area contributed by atoms with Crippen LogP contribution in [0.1, 0.15) is 47.2 Å². The molecule has 0 aromatic heterocycles. The second kappa shape index (κ2) is 4.22. The van der Waals surface area contributed by atoms with E-state index < -0.39 is 11.4 Å². The maximum absolute atomic E-state index is 13.9. The normalized spacial score (nSPS) is 18.4. The number of halogens is 1. The lowest BCUT2D eigenvalue weighted by Gasteiger charge is -2.23. The van der Waals surface area contributed by atoms with Crippen molar-refractivity contribution in [2.45, 2.75) is 45.1 Å². The molecule has 0 unspecified atom stereocenters. The Hall–Kier alpha value is -1.22. The number of carbonyl (C=O) groups is 1. The van der Waals surface area contributed by atoms with Crippen LogP contribution in [0.15, 0.2) is 12.1 Å². The van der Waals surface area contributed by atoms with Crippen molar-refractivity contribution >= 4 is 5.78 Å². The Morgan fingerprint density at radius 1 is 1.29 bits per heavy atom. The molecule has 0 heterocycles. The molecule has 1 fully saturated rings. The van der Waals surface area contributed by atoms with Gasteiger partial charge in [-0.3, -0.25) is 4.79 Å². The number of hydrogen-bond acceptors (Lipinski definition) is 2. The highest BCUT2D eigenvalue weighted by molar-refractivity contribution is 6.04. The van der Waals surface area contributed by atoms with Crippen LogP contribution in [0.3, 0.4) is 0 Å². The first-order valence-corrected chi connectivity index (χ1v) is 6.04. The highest BCUT2D eigenvalue weighted by atomic mass is 19.1. The maximum Gasteiger partial charge on any atom is 0.185 e. The first kappa shape index (κ1) is 12.2. The molecule has 2 N–H and O–H groups in total. The van der Waals surface area contributed by atoms with Crippen molar-refractivity contribution in [1.29, 1.82) is 0 Å². The molecule has 0 saturated heterocycles. The van der Waals surface area contributed by atoms with Gasteiger partial charge in [0.1, 0.15) is 5.82 Å². The molecular formula is C14H18FNO. The Balaban J connectivity index is 2.44. The third kappa shape index (κ3) is 2.12. The highest BCUT2D eigenvalue weighted by Crippen LogP contribution is 2.32. The molecule has 0 aliphatic heterocycles. The summed E-state index contributed by atoms with van der Waals surface area (Å²) in [6.07, 6.45) is 3.24. The minimum absolute atomic E-state index is 0.181. The summed E-state index contributed by atoms with van der Waals surface area (Å²) in [5.41, 5.74) is 6.94. The summed E-state index contributed by atoms with van der Waals surface area (Å²) in [7, 11) is 0.